The van der Waals surface area contributed by atoms with E-state index in [4.69, 9.17) is 15.2 Å². The zero-order chi connectivity index (χ0) is 26.5. The summed E-state index contributed by atoms with van der Waals surface area (Å²) in [6.07, 6.45) is -3.23. The van der Waals surface area contributed by atoms with Crippen LogP contribution in [0.4, 0.5) is 47.6 Å². The molecule has 1 heterocycles. The molecule has 36 heavy (non-hydrogen) atoms. The van der Waals surface area contributed by atoms with Crippen LogP contribution in [0.15, 0.2) is 42.7 Å². The Morgan fingerprint density at radius 2 is 1.58 bits per heavy atom. The average molecular weight is 506 g/mol. The Morgan fingerprint density at radius 3 is 2.19 bits per heavy atom. The third-order valence-corrected chi connectivity index (χ3v) is 5.31. The number of ether oxygens (including phenoxy) is 2. The summed E-state index contributed by atoms with van der Waals surface area (Å²) >= 11 is 0. The van der Waals surface area contributed by atoms with Crippen molar-refractivity contribution in [2.24, 2.45) is 0 Å². The van der Waals surface area contributed by atoms with Gasteiger partial charge in [-0.1, -0.05) is 0 Å². The van der Waals surface area contributed by atoms with Crippen LogP contribution < -0.4 is 30.7 Å². The molecule has 0 fully saturated rings. The molecular formula is C24H30F3N7O2. The van der Waals surface area contributed by atoms with E-state index in [9.17, 15) is 13.2 Å². The van der Waals surface area contributed by atoms with Gasteiger partial charge >= 0.3 is 6.18 Å². The molecule has 194 valence electrons. The fraction of sp³-hybridized carbons (Fsp3) is 0.333. The number of likely N-dealkylation sites (N-methyl/N-ethyl adjacent to an activating group) is 2. The molecule has 0 aliphatic rings. The first kappa shape index (κ1) is 26.7. The van der Waals surface area contributed by atoms with E-state index in [2.05, 4.69) is 25.5 Å². The van der Waals surface area contributed by atoms with Crippen molar-refractivity contribution in [2.45, 2.75) is 6.18 Å². The summed E-state index contributed by atoms with van der Waals surface area (Å²) in [5.74, 6) is 1.28. The highest BCUT2D eigenvalue weighted by molar-refractivity contribution is 5.79. The topological polar surface area (TPSA) is 101 Å². The lowest BCUT2D eigenvalue weighted by Crippen LogP contribution is -2.29. The van der Waals surface area contributed by atoms with Gasteiger partial charge in [0.1, 0.15) is 29.5 Å². The highest BCUT2D eigenvalue weighted by atomic mass is 19.4. The third kappa shape index (κ3) is 6.81. The first-order chi connectivity index (χ1) is 17.0. The molecule has 0 spiro atoms. The van der Waals surface area contributed by atoms with Crippen LogP contribution in [0.1, 0.15) is 5.56 Å². The van der Waals surface area contributed by atoms with E-state index in [1.807, 2.05) is 32.1 Å². The predicted molar refractivity (Wildman–Crippen MR) is 136 cm³/mol. The highest BCUT2D eigenvalue weighted by Crippen LogP contribution is 2.37. The van der Waals surface area contributed by atoms with Crippen molar-refractivity contribution in [3.63, 3.8) is 0 Å². The van der Waals surface area contributed by atoms with Crippen molar-refractivity contribution in [3.05, 3.63) is 48.3 Å². The molecule has 3 aromatic rings. The lowest BCUT2D eigenvalue weighted by atomic mass is 10.1. The fourth-order valence-corrected chi connectivity index (χ4v) is 3.39. The van der Waals surface area contributed by atoms with Crippen LogP contribution in [0.5, 0.6) is 11.5 Å². The second kappa shape index (κ2) is 11.2. The lowest BCUT2D eigenvalue weighted by Gasteiger charge is -2.24. The van der Waals surface area contributed by atoms with Crippen LogP contribution in [0.25, 0.3) is 0 Å². The molecule has 3 rings (SSSR count). The van der Waals surface area contributed by atoms with Crippen LogP contribution in [-0.2, 0) is 6.18 Å². The van der Waals surface area contributed by atoms with E-state index in [1.54, 1.807) is 19.2 Å². The van der Waals surface area contributed by atoms with E-state index in [-0.39, 0.29) is 17.3 Å². The normalized spacial score (nSPS) is 11.4. The number of nitrogens with zero attached hydrogens (tertiary/aromatic N) is 4. The number of alkyl halides is 3. The number of rotatable bonds is 10. The number of methoxy groups -OCH3 is 2. The van der Waals surface area contributed by atoms with Gasteiger partial charge in [-0.05, 0) is 32.3 Å². The molecule has 12 heteroatoms. The highest BCUT2D eigenvalue weighted by Gasteiger charge is 2.31. The number of nitrogens with two attached hydrogens (primary N) is 1. The summed E-state index contributed by atoms with van der Waals surface area (Å²) in [7, 11) is 8.80. The predicted octanol–water partition coefficient (Wildman–Crippen LogP) is 4.58. The Labute approximate surface area is 208 Å². The third-order valence-electron chi connectivity index (χ3n) is 5.31. The second-order valence-corrected chi connectivity index (χ2v) is 8.32. The minimum atomic E-state index is -4.52. The molecular weight excluding hydrogens is 475 g/mol. The van der Waals surface area contributed by atoms with Crippen molar-refractivity contribution in [1.82, 2.24) is 14.9 Å². The maximum Gasteiger partial charge on any atom is 0.416 e. The van der Waals surface area contributed by atoms with Gasteiger partial charge in [0, 0.05) is 44.0 Å². The van der Waals surface area contributed by atoms with Gasteiger partial charge in [0.2, 0.25) is 0 Å². The lowest BCUT2D eigenvalue weighted by molar-refractivity contribution is -0.137. The average Bonchev–Trinajstić information content (AvgIpc) is 2.82. The molecule has 2 aromatic carbocycles. The summed E-state index contributed by atoms with van der Waals surface area (Å²) in [6.45, 7) is 1.63. The standard InChI is InChI=1S/C24H30F3N7O2/c1-33(2)6-7-34(3)20-12-21(36-5)19(11-18(20)28)32-23-13-22(29-14-30-23)31-16-8-15(24(25,26)27)9-17(10-16)35-4/h8-14H,6-7,28H2,1-5H3,(H2,29,30,31,32). The van der Waals surface area contributed by atoms with Gasteiger partial charge < -0.3 is 35.6 Å². The minimum absolute atomic E-state index is 0.0654. The molecule has 0 aliphatic heterocycles. The Balaban J connectivity index is 1.83. The van der Waals surface area contributed by atoms with Crippen LogP contribution >= 0.6 is 0 Å². The van der Waals surface area contributed by atoms with E-state index in [1.165, 1.54) is 19.5 Å². The number of aromatic nitrogens is 2. The Kier molecular flexibility index (Phi) is 8.30. The summed E-state index contributed by atoms with van der Waals surface area (Å²) in [6, 6.07) is 8.48. The molecule has 0 atom stereocenters. The summed E-state index contributed by atoms with van der Waals surface area (Å²) in [5.41, 5.74) is 7.58. The van der Waals surface area contributed by atoms with Crippen LogP contribution in [-0.4, -0.2) is 63.3 Å². The molecule has 4 N–H and O–H groups in total. The van der Waals surface area contributed by atoms with Gasteiger partial charge in [-0.15, -0.1) is 0 Å². The zero-order valence-corrected chi connectivity index (χ0v) is 20.8. The second-order valence-electron chi connectivity index (χ2n) is 8.32. The summed E-state index contributed by atoms with van der Waals surface area (Å²) < 4.78 is 50.3. The molecule has 0 aliphatic carbocycles. The number of hydrogen-bond donors (Lipinski definition) is 3. The summed E-state index contributed by atoms with van der Waals surface area (Å²) in [5, 5.41) is 6.00. The van der Waals surface area contributed by atoms with E-state index in [0.29, 0.717) is 22.9 Å². The van der Waals surface area contributed by atoms with Crippen molar-refractivity contribution in [1.29, 1.82) is 0 Å². The monoisotopic (exact) mass is 505 g/mol. The number of halogens is 3. The minimum Gasteiger partial charge on any atom is -0.497 e. The maximum absolute atomic E-state index is 13.2. The largest absolute Gasteiger partial charge is 0.497 e. The zero-order valence-electron chi connectivity index (χ0n) is 20.8. The smallest absolute Gasteiger partial charge is 0.416 e. The number of benzene rings is 2. The van der Waals surface area contributed by atoms with Crippen molar-refractivity contribution >= 4 is 34.4 Å². The summed E-state index contributed by atoms with van der Waals surface area (Å²) in [4.78, 5) is 12.4. The van der Waals surface area contributed by atoms with Crippen LogP contribution in [0.3, 0.4) is 0 Å². The molecule has 9 nitrogen and oxygen atoms in total. The molecule has 1 aromatic heterocycles. The maximum atomic E-state index is 13.2. The molecule has 0 saturated heterocycles. The van der Waals surface area contributed by atoms with E-state index in [0.717, 1.165) is 30.9 Å². The van der Waals surface area contributed by atoms with Crippen molar-refractivity contribution < 1.29 is 22.6 Å². The van der Waals surface area contributed by atoms with Crippen molar-refractivity contribution in [3.8, 4) is 11.5 Å². The Morgan fingerprint density at radius 1 is 0.889 bits per heavy atom. The molecule has 0 saturated carbocycles. The fourth-order valence-electron chi connectivity index (χ4n) is 3.39. The van der Waals surface area contributed by atoms with E-state index < -0.39 is 11.7 Å². The molecule has 0 unspecified atom stereocenters. The van der Waals surface area contributed by atoms with Gasteiger partial charge in [0.25, 0.3) is 0 Å². The van der Waals surface area contributed by atoms with Gasteiger partial charge in [-0.3, -0.25) is 0 Å². The number of nitrogens with one attached hydrogen (secondary N) is 2. The molecule has 0 amide bonds. The Hall–Kier alpha value is -3.93. The number of hydrogen-bond acceptors (Lipinski definition) is 9. The van der Waals surface area contributed by atoms with Gasteiger partial charge in [-0.2, -0.15) is 13.2 Å². The SMILES string of the molecule is COc1cc(Nc2cc(Nc3cc(N)c(N(C)CCN(C)C)cc3OC)ncn2)cc(C(F)(F)F)c1. The molecule has 0 bridgehead atoms. The molecule has 0 radical (unpaired) electrons. The van der Waals surface area contributed by atoms with Crippen LogP contribution in [0, 0.1) is 0 Å². The Bertz CT molecular complexity index is 1190. The van der Waals surface area contributed by atoms with Gasteiger partial charge in [0.05, 0.1) is 36.8 Å². The van der Waals surface area contributed by atoms with E-state index >= 15 is 0 Å². The first-order valence-electron chi connectivity index (χ1n) is 11.0. The quantitative estimate of drug-likeness (QED) is 0.342. The van der Waals surface area contributed by atoms with Crippen LogP contribution in [0.2, 0.25) is 0 Å². The van der Waals surface area contributed by atoms with Gasteiger partial charge in [-0.25, -0.2) is 9.97 Å². The number of anilines is 6. The number of nitrogen functional groups attached to an aromatic ring is 1. The first-order valence-corrected chi connectivity index (χ1v) is 11.0. The van der Waals surface area contributed by atoms with Gasteiger partial charge in [0.15, 0.2) is 0 Å². The van der Waals surface area contributed by atoms with Crippen molar-refractivity contribution in [2.75, 3.05) is 69.7 Å².